The first kappa shape index (κ1) is 14.6. The van der Waals surface area contributed by atoms with Gasteiger partial charge < -0.3 is 14.3 Å². The summed E-state index contributed by atoms with van der Waals surface area (Å²) in [6.07, 6.45) is 0.373. The number of nitrogens with zero attached hydrogens (tertiary/aromatic N) is 1. The standard InChI is InChI=1S/C12H13NO6/c1-3-19-12(15)8-6-10(13(16)17)9(4-5-14)11(7-8)18-2/h5-7H,3-4H2,1-2H3. The molecule has 0 spiro atoms. The van der Waals surface area contributed by atoms with Crippen molar-refractivity contribution >= 4 is 17.9 Å². The molecule has 0 aliphatic heterocycles. The molecule has 0 saturated carbocycles. The summed E-state index contributed by atoms with van der Waals surface area (Å²) >= 11 is 0. The topological polar surface area (TPSA) is 95.7 Å². The number of carbonyl (C=O) groups excluding carboxylic acids is 2. The molecule has 0 aliphatic carbocycles. The molecule has 0 saturated heterocycles. The Labute approximate surface area is 109 Å². The van der Waals surface area contributed by atoms with E-state index in [1.807, 2.05) is 0 Å². The number of benzene rings is 1. The largest absolute Gasteiger partial charge is 0.496 e. The zero-order chi connectivity index (χ0) is 14.4. The smallest absolute Gasteiger partial charge is 0.338 e. The lowest BCUT2D eigenvalue weighted by Gasteiger charge is -2.09. The predicted molar refractivity (Wildman–Crippen MR) is 65.4 cm³/mol. The van der Waals surface area contributed by atoms with E-state index in [9.17, 15) is 19.7 Å². The number of hydrogen-bond donors (Lipinski definition) is 0. The van der Waals surface area contributed by atoms with Gasteiger partial charge in [0.1, 0.15) is 12.0 Å². The van der Waals surface area contributed by atoms with Crippen LogP contribution >= 0.6 is 0 Å². The molecule has 1 rings (SSSR count). The molecule has 7 nitrogen and oxygen atoms in total. The molecular weight excluding hydrogens is 254 g/mol. The summed E-state index contributed by atoms with van der Waals surface area (Å²) < 4.78 is 9.76. The number of hydrogen-bond acceptors (Lipinski definition) is 6. The lowest BCUT2D eigenvalue weighted by atomic mass is 10.1. The van der Waals surface area contributed by atoms with E-state index in [0.717, 1.165) is 6.07 Å². The summed E-state index contributed by atoms with van der Waals surface area (Å²) in [6, 6.07) is 2.41. The summed E-state index contributed by atoms with van der Waals surface area (Å²) in [7, 11) is 1.31. The molecule has 0 bridgehead atoms. The molecule has 0 fully saturated rings. The molecule has 19 heavy (non-hydrogen) atoms. The van der Waals surface area contributed by atoms with Gasteiger partial charge in [0.2, 0.25) is 0 Å². The lowest BCUT2D eigenvalue weighted by molar-refractivity contribution is -0.385. The van der Waals surface area contributed by atoms with Gasteiger partial charge in [0, 0.05) is 12.5 Å². The maximum absolute atomic E-state index is 11.6. The first-order valence-corrected chi connectivity index (χ1v) is 5.51. The molecular formula is C12H13NO6. The lowest BCUT2D eigenvalue weighted by Crippen LogP contribution is -2.08. The normalized spacial score (nSPS) is 9.79. The van der Waals surface area contributed by atoms with Crippen LogP contribution in [0.3, 0.4) is 0 Å². The molecule has 1 aromatic rings. The van der Waals surface area contributed by atoms with Gasteiger partial charge in [-0.15, -0.1) is 0 Å². The number of rotatable bonds is 6. The van der Waals surface area contributed by atoms with Crippen LogP contribution in [0.5, 0.6) is 5.75 Å². The van der Waals surface area contributed by atoms with Crippen molar-refractivity contribution in [3.8, 4) is 5.75 Å². The van der Waals surface area contributed by atoms with Crippen molar-refractivity contribution < 1.29 is 24.0 Å². The van der Waals surface area contributed by atoms with Crippen molar-refractivity contribution in [1.29, 1.82) is 0 Å². The fourth-order valence-corrected chi connectivity index (χ4v) is 1.60. The van der Waals surface area contributed by atoms with Gasteiger partial charge in [-0.05, 0) is 13.0 Å². The third-order valence-electron chi connectivity index (χ3n) is 2.40. The van der Waals surface area contributed by atoms with Gasteiger partial charge in [-0.3, -0.25) is 10.1 Å². The number of ether oxygens (including phenoxy) is 2. The summed E-state index contributed by atoms with van der Waals surface area (Å²) in [6.45, 7) is 1.79. The van der Waals surface area contributed by atoms with Crippen LogP contribution in [0.2, 0.25) is 0 Å². The Morgan fingerprint density at radius 1 is 1.47 bits per heavy atom. The van der Waals surface area contributed by atoms with Gasteiger partial charge in [-0.25, -0.2) is 4.79 Å². The second kappa shape index (κ2) is 6.48. The zero-order valence-corrected chi connectivity index (χ0v) is 10.5. The van der Waals surface area contributed by atoms with E-state index in [1.54, 1.807) is 6.92 Å². The van der Waals surface area contributed by atoms with Crippen molar-refractivity contribution in [2.45, 2.75) is 13.3 Å². The highest BCUT2D eigenvalue weighted by atomic mass is 16.6. The van der Waals surface area contributed by atoms with Gasteiger partial charge in [-0.1, -0.05) is 0 Å². The van der Waals surface area contributed by atoms with Crippen LogP contribution in [0.25, 0.3) is 0 Å². The highest BCUT2D eigenvalue weighted by molar-refractivity contribution is 5.91. The van der Waals surface area contributed by atoms with Crippen molar-refractivity contribution in [3.05, 3.63) is 33.4 Å². The number of carbonyl (C=O) groups is 2. The third-order valence-corrected chi connectivity index (χ3v) is 2.40. The Morgan fingerprint density at radius 2 is 2.16 bits per heavy atom. The SMILES string of the molecule is CCOC(=O)c1cc(OC)c(CC=O)c([N+](=O)[O-])c1. The molecule has 0 amide bonds. The van der Waals surface area contributed by atoms with E-state index >= 15 is 0 Å². The number of nitro benzene ring substituents is 1. The quantitative estimate of drug-likeness (QED) is 0.335. The average Bonchev–Trinajstić information content (AvgIpc) is 2.39. The fourth-order valence-electron chi connectivity index (χ4n) is 1.60. The highest BCUT2D eigenvalue weighted by Gasteiger charge is 2.22. The van der Waals surface area contributed by atoms with Crippen LogP contribution in [0.1, 0.15) is 22.8 Å². The van der Waals surface area contributed by atoms with E-state index in [4.69, 9.17) is 9.47 Å². The average molecular weight is 267 g/mol. The third kappa shape index (κ3) is 3.27. The van der Waals surface area contributed by atoms with Crippen molar-refractivity contribution in [3.63, 3.8) is 0 Å². The molecule has 0 radical (unpaired) electrons. The molecule has 0 heterocycles. The minimum atomic E-state index is -0.679. The van der Waals surface area contributed by atoms with Crippen LogP contribution in [0, 0.1) is 10.1 Å². The zero-order valence-electron chi connectivity index (χ0n) is 10.5. The fraction of sp³-hybridized carbons (Fsp3) is 0.333. The van der Waals surface area contributed by atoms with Gasteiger partial charge in [0.15, 0.2) is 0 Å². The van der Waals surface area contributed by atoms with Crippen molar-refractivity contribution in [2.75, 3.05) is 13.7 Å². The number of aldehydes is 1. The molecule has 0 N–H and O–H groups in total. The van der Waals surface area contributed by atoms with Crippen LogP contribution in [-0.2, 0) is 16.0 Å². The van der Waals surface area contributed by atoms with E-state index in [1.165, 1.54) is 13.2 Å². The predicted octanol–water partition coefficient (Wildman–Crippen LogP) is 1.52. The highest BCUT2D eigenvalue weighted by Crippen LogP contribution is 2.30. The monoisotopic (exact) mass is 267 g/mol. The Balaban J connectivity index is 3.39. The van der Waals surface area contributed by atoms with Crippen LogP contribution < -0.4 is 4.74 Å². The summed E-state index contributed by atoms with van der Waals surface area (Å²) in [5.41, 5.74) is -0.190. The molecule has 0 aliphatic rings. The maximum atomic E-state index is 11.6. The summed E-state index contributed by atoms with van der Waals surface area (Å²) in [5, 5.41) is 11.0. The van der Waals surface area contributed by atoms with Gasteiger partial charge in [-0.2, -0.15) is 0 Å². The van der Waals surface area contributed by atoms with Crippen LogP contribution in [0.15, 0.2) is 12.1 Å². The van der Waals surface area contributed by atoms with E-state index in [0.29, 0.717) is 6.29 Å². The minimum absolute atomic E-state index is 0.0139. The summed E-state index contributed by atoms with van der Waals surface area (Å²) in [5.74, 6) is -0.564. The minimum Gasteiger partial charge on any atom is -0.496 e. The van der Waals surface area contributed by atoms with Gasteiger partial charge in [0.25, 0.3) is 5.69 Å². The first-order valence-electron chi connectivity index (χ1n) is 5.51. The van der Waals surface area contributed by atoms with Crippen molar-refractivity contribution in [2.24, 2.45) is 0 Å². The molecule has 0 unspecified atom stereocenters. The van der Waals surface area contributed by atoms with Crippen LogP contribution in [0.4, 0.5) is 5.69 Å². The Hall–Kier alpha value is -2.44. The Bertz CT molecular complexity index is 511. The van der Waals surface area contributed by atoms with E-state index in [2.05, 4.69) is 0 Å². The summed E-state index contributed by atoms with van der Waals surface area (Å²) in [4.78, 5) is 32.5. The second-order valence-corrected chi connectivity index (χ2v) is 3.52. The molecule has 1 aromatic carbocycles. The Morgan fingerprint density at radius 3 is 2.63 bits per heavy atom. The second-order valence-electron chi connectivity index (χ2n) is 3.52. The van der Waals surface area contributed by atoms with Crippen LogP contribution in [-0.4, -0.2) is 30.9 Å². The number of esters is 1. The van der Waals surface area contributed by atoms with Gasteiger partial charge in [0.05, 0.1) is 29.8 Å². The molecule has 0 atom stereocenters. The van der Waals surface area contributed by atoms with E-state index < -0.39 is 10.9 Å². The number of methoxy groups -OCH3 is 1. The number of nitro groups is 1. The molecule has 7 heteroatoms. The maximum Gasteiger partial charge on any atom is 0.338 e. The van der Waals surface area contributed by atoms with Gasteiger partial charge >= 0.3 is 5.97 Å². The molecule has 102 valence electrons. The van der Waals surface area contributed by atoms with E-state index in [-0.39, 0.29) is 35.6 Å². The Kier molecular flexibility index (Phi) is 4.99. The first-order chi connectivity index (χ1) is 9.04. The van der Waals surface area contributed by atoms with Crippen molar-refractivity contribution in [1.82, 2.24) is 0 Å². The molecule has 0 aromatic heterocycles.